The van der Waals surface area contributed by atoms with E-state index in [0.29, 0.717) is 12.2 Å². The van der Waals surface area contributed by atoms with Crippen LogP contribution >= 0.6 is 0 Å². The molecule has 0 radical (unpaired) electrons. The van der Waals surface area contributed by atoms with Gasteiger partial charge in [0, 0.05) is 28.7 Å². The van der Waals surface area contributed by atoms with E-state index in [2.05, 4.69) is 22.4 Å². The maximum absolute atomic E-state index is 9.55. The van der Waals surface area contributed by atoms with Crippen LogP contribution in [0.3, 0.4) is 0 Å². The highest BCUT2D eigenvalue weighted by atomic mass is 16.5. The van der Waals surface area contributed by atoms with Crippen LogP contribution in [0.25, 0.3) is 10.9 Å². The first kappa shape index (κ1) is 18.5. The average molecular weight is 346 g/mol. The number of fused-ring (bicyclic) bond motifs is 3. The van der Waals surface area contributed by atoms with Gasteiger partial charge in [0.25, 0.3) is 0 Å². The third-order valence-electron chi connectivity index (χ3n) is 4.05. The Morgan fingerprint density at radius 3 is 2.52 bits per heavy atom. The summed E-state index contributed by atoms with van der Waals surface area (Å²) in [5.41, 5.74) is 4.13. The predicted octanol–water partition coefficient (Wildman–Crippen LogP) is 1.82. The van der Waals surface area contributed by atoms with Gasteiger partial charge in [0.1, 0.15) is 5.75 Å². The molecule has 1 aliphatic rings. The Bertz CT molecular complexity index is 778. The summed E-state index contributed by atoms with van der Waals surface area (Å²) < 4.78 is 5.30. The fourth-order valence-electron chi connectivity index (χ4n) is 3.04. The van der Waals surface area contributed by atoms with Gasteiger partial charge < -0.3 is 25.3 Å². The highest BCUT2D eigenvalue weighted by molar-refractivity contribution is 5.89. The molecule has 1 atom stereocenters. The fraction of sp³-hybridized carbons (Fsp3) is 0.333. The Morgan fingerprint density at radius 1 is 1.28 bits per heavy atom. The topological polar surface area (TPSA) is 112 Å². The predicted molar refractivity (Wildman–Crippen MR) is 94.1 cm³/mol. The van der Waals surface area contributed by atoms with Gasteiger partial charge in [-0.25, -0.2) is 9.59 Å². The summed E-state index contributed by atoms with van der Waals surface area (Å²) in [6, 6.07) is 6.27. The molecule has 1 aromatic carbocycles. The lowest BCUT2D eigenvalue weighted by Crippen LogP contribution is -2.19. The summed E-state index contributed by atoms with van der Waals surface area (Å²) in [6.45, 7) is 1.09. The van der Waals surface area contributed by atoms with Gasteiger partial charge in [-0.2, -0.15) is 0 Å². The minimum absolute atomic E-state index is 0.558. The molecular weight excluding hydrogens is 324 g/mol. The minimum Gasteiger partial charge on any atom is -0.497 e. The third kappa shape index (κ3) is 4.84. The third-order valence-corrected chi connectivity index (χ3v) is 4.05. The second kappa shape index (κ2) is 8.34. The van der Waals surface area contributed by atoms with Gasteiger partial charge in [-0.15, -0.1) is 0 Å². The molecule has 4 N–H and O–H groups in total. The zero-order valence-electron chi connectivity index (χ0n) is 14.2. The normalized spacial score (nSPS) is 15.7. The first-order valence-corrected chi connectivity index (χ1v) is 7.90. The van der Waals surface area contributed by atoms with Crippen molar-refractivity contribution in [2.24, 2.45) is 5.92 Å². The van der Waals surface area contributed by atoms with Crippen LogP contribution in [0.15, 0.2) is 30.4 Å². The highest BCUT2D eigenvalue weighted by Gasteiger charge is 2.24. The Kier molecular flexibility index (Phi) is 6.19. The van der Waals surface area contributed by atoms with Gasteiger partial charge in [0.2, 0.25) is 0 Å². The van der Waals surface area contributed by atoms with Crippen molar-refractivity contribution < 1.29 is 24.5 Å². The Hall–Kier alpha value is -2.80. The zero-order valence-corrected chi connectivity index (χ0v) is 14.2. The van der Waals surface area contributed by atoms with Gasteiger partial charge in [-0.1, -0.05) is 0 Å². The maximum atomic E-state index is 9.55. The fourth-order valence-corrected chi connectivity index (χ4v) is 3.04. The molecule has 0 aliphatic heterocycles. The summed E-state index contributed by atoms with van der Waals surface area (Å²) in [5.74, 6) is -0.840. The van der Waals surface area contributed by atoms with E-state index in [9.17, 15) is 9.59 Å². The molecule has 2 aromatic rings. The highest BCUT2D eigenvalue weighted by Crippen LogP contribution is 2.34. The number of aromatic amines is 1. The van der Waals surface area contributed by atoms with Crippen LogP contribution in [-0.2, 0) is 22.4 Å². The number of carboxylic acids is 2. The van der Waals surface area contributed by atoms with E-state index < -0.39 is 11.9 Å². The van der Waals surface area contributed by atoms with Gasteiger partial charge >= 0.3 is 11.9 Å². The number of nitrogens with one attached hydrogen (secondary N) is 2. The number of benzene rings is 1. The van der Waals surface area contributed by atoms with Gasteiger partial charge in [0.05, 0.1) is 7.11 Å². The van der Waals surface area contributed by atoms with Crippen LogP contribution in [-0.4, -0.2) is 47.8 Å². The summed E-state index contributed by atoms with van der Waals surface area (Å²) in [5, 5.41) is 20.2. The van der Waals surface area contributed by atoms with Crippen molar-refractivity contribution in [3.05, 3.63) is 41.6 Å². The summed E-state index contributed by atoms with van der Waals surface area (Å²) in [6.07, 6.45) is 3.45. The minimum atomic E-state index is -1.26. The second-order valence-electron chi connectivity index (χ2n) is 5.84. The average Bonchev–Trinajstić information content (AvgIpc) is 3.10. The van der Waals surface area contributed by atoms with Gasteiger partial charge in [0.15, 0.2) is 0 Å². The van der Waals surface area contributed by atoms with E-state index in [1.807, 2.05) is 13.1 Å². The van der Waals surface area contributed by atoms with E-state index in [-0.39, 0.29) is 0 Å². The zero-order chi connectivity index (χ0) is 18.4. The van der Waals surface area contributed by atoms with Crippen molar-refractivity contribution in [1.82, 2.24) is 10.3 Å². The van der Waals surface area contributed by atoms with E-state index >= 15 is 0 Å². The quantitative estimate of drug-likeness (QED) is 0.615. The summed E-state index contributed by atoms with van der Waals surface area (Å²) >= 11 is 0. The molecule has 0 saturated carbocycles. The van der Waals surface area contributed by atoms with Crippen molar-refractivity contribution in [2.45, 2.75) is 12.8 Å². The summed E-state index contributed by atoms with van der Waals surface area (Å²) in [7, 11) is 3.74. The molecule has 25 heavy (non-hydrogen) atoms. The van der Waals surface area contributed by atoms with Gasteiger partial charge in [-0.05, 0) is 56.1 Å². The molecule has 1 unspecified atom stereocenters. The number of hydrogen-bond acceptors (Lipinski definition) is 4. The largest absolute Gasteiger partial charge is 0.497 e. The molecular formula is C18H22N2O5. The Morgan fingerprint density at radius 2 is 1.96 bits per heavy atom. The van der Waals surface area contributed by atoms with E-state index in [1.165, 1.54) is 28.6 Å². The van der Waals surface area contributed by atoms with Crippen molar-refractivity contribution in [2.75, 3.05) is 20.7 Å². The van der Waals surface area contributed by atoms with Crippen molar-refractivity contribution in [3.8, 4) is 5.75 Å². The van der Waals surface area contributed by atoms with Crippen LogP contribution in [0.1, 0.15) is 11.3 Å². The van der Waals surface area contributed by atoms with Crippen LogP contribution in [0.2, 0.25) is 0 Å². The number of methoxy groups -OCH3 is 1. The van der Waals surface area contributed by atoms with Gasteiger partial charge in [-0.3, -0.25) is 0 Å². The molecule has 3 rings (SSSR count). The molecule has 0 spiro atoms. The van der Waals surface area contributed by atoms with Crippen molar-refractivity contribution in [1.29, 1.82) is 0 Å². The molecule has 1 heterocycles. The molecule has 0 fully saturated rings. The van der Waals surface area contributed by atoms with Crippen molar-refractivity contribution >= 4 is 22.8 Å². The first-order chi connectivity index (χ1) is 11.9. The van der Waals surface area contributed by atoms with E-state index in [4.69, 9.17) is 14.9 Å². The first-order valence-electron chi connectivity index (χ1n) is 7.90. The second-order valence-corrected chi connectivity index (χ2v) is 5.84. The van der Waals surface area contributed by atoms with Crippen LogP contribution in [0.5, 0.6) is 5.75 Å². The van der Waals surface area contributed by atoms with Crippen molar-refractivity contribution in [3.63, 3.8) is 0 Å². The molecule has 0 bridgehead atoms. The molecule has 134 valence electrons. The standard InChI is InChI=1S/C14H18N2O.C4H4O4/c1-15-8-9-5-11-12-7-10(17-2)3-4-13(12)16-14(11)6-9;5-3(6)1-2-4(7)8/h3-4,7,9,15-16H,5-6,8H2,1-2H3;1-2H,(H,5,6)(H,7,8)/b;2-1-. The number of aromatic nitrogens is 1. The number of carboxylic acid groups (broad SMARTS) is 2. The van der Waals surface area contributed by atoms with Crippen LogP contribution in [0.4, 0.5) is 0 Å². The lowest BCUT2D eigenvalue weighted by Gasteiger charge is -2.07. The molecule has 7 heteroatoms. The van der Waals surface area contributed by atoms with Crippen LogP contribution in [0, 0.1) is 5.92 Å². The number of aliphatic carboxylic acids is 2. The molecule has 1 aliphatic carbocycles. The number of H-pyrrole nitrogens is 1. The Labute approximate surface area is 145 Å². The molecule has 1 aromatic heterocycles. The number of carbonyl (C=O) groups is 2. The maximum Gasteiger partial charge on any atom is 0.328 e. The number of rotatable bonds is 5. The monoisotopic (exact) mass is 346 g/mol. The number of ether oxygens (including phenoxy) is 1. The van der Waals surface area contributed by atoms with E-state index in [1.54, 1.807) is 7.11 Å². The Balaban J connectivity index is 0.000000242. The lowest BCUT2D eigenvalue weighted by atomic mass is 10.0. The van der Waals surface area contributed by atoms with E-state index in [0.717, 1.165) is 24.6 Å². The molecule has 0 saturated heterocycles. The molecule has 7 nitrogen and oxygen atoms in total. The molecule has 0 amide bonds. The number of hydrogen-bond donors (Lipinski definition) is 4. The lowest BCUT2D eigenvalue weighted by molar-refractivity contribution is -0.134. The van der Waals surface area contributed by atoms with Crippen LogP contribution < -0.4 is 10.1 Å². The smallest absolute Gasteiger partial charge is 0.328 e. The summed E-state index contributed by atoms with van der Waals surface area (Å²) in [4.78, 5) is 22.6. The SMILES string of the molecule is CNCC1Cc2[nH]c3ccc(OC)cc3c2C1.O=C(O)/C=C\C(=O)O.